The Bertz CT molecular complexity index is 574. The first-order valence-corrected chi connectivity index (χ1v) is 6.47. The van der Waals surface area contributed by atoms with Gasteiger partial charge in [-0.25, -0.2) is 4.68 Å². The van der Waals surface area contributed by atoms with Crippen LogP contribution in [-0.4, -0.2) is 20.1 Å². The fraction of sp³-hybridized carbons (Fsp3) is 0.467. The summed E-state index contributed by atoms with van der Waals surface area (Å²) < 4.78 is 1.84. The van der Waals surface area contributed by atoms with Gasteiger partial charge in [0, 0.05) is 5.41 Å². The Morgan fingerprint density at radius 1 is 1.11 bits per heavy atom. The van der Waals surface area contributed by atoms with Crippen molar-refractivity contribution in [2.45, 2.75) is 46.6 Å². The molecule has 0 saturated carbocycles. The smallest absolute Gasteiger partial charge is 0.112 e. The molecule has 19 heavy (non-hydrogen) atoms. The molecule has 1 heterocycles. The maximum Gasteiger partial charge on any atom is 0.112 e. The van der Waals surface area contributed by atoms with Crippen molar-refractivity contribution in [2.24, 2.45) is 0 Å². The van der Waals surface area contributed by atoms with Gasteiger partial charge in [0.2, 0.25) is 0 Å². The molecule has 1 aromatic carbocycles. The van der Waals surface area contributed by atoms with E-state index in [0.717, 1.165) is 11.4 Å². The molecule has 0 aliphatic carbocycles. The third kappa shape index (κ3) is 2.68. The fourth-order valence-corrected chi connectivity index (χ4v) is 2.42. The predicted octanol–water partition coefficient (Wildman–Crippen LogP) is 2.67. The molecule has 0 bridgehead atoms. The molecule has 2 rings (SSSR count). The summed E-state index contributed by atoms with van der Waals surface area (Å²) in [7, 11) is 0. The molecule has 0 unspecified atom stereocenters. The van der Waals surface area contributed by atoms with Crippen molar-refractivity contribution >= 4 is 0 Å². The van der Waals surface area contributed by atoms with Crippen molar-refractivity contribution in [1.29, 1.82) is 0 Å². The summed E-state index contributed by atoms with van der Waals surface area (Å²) >= 11 is 0. The Balaban J connectivity index is 2.66. The number of aliphatic hydroxyl groups excluding tert-OH is 1. The highest BCUT2D eigenvalue weighted by molar-refractivity contribution is 5.41. The first-order chi connectivity index (χ1) is 8.82. The minimum atomic E-state index is -0.126. The molecule has 4 nitrogen and oxygen atoms in total. The van der Waals surface area contributed by atoms with Crippen LogP contribution in [0, 0.1) is 13.8 Å². The number of rotatable bonds is 2. The summed E-state index contributed by atoms with van der Waals surface area (Å²) in [5.74, 6) is 0. The average molecular weight is 259 g/mol. The van der Waals surface area contributed by atoms with E-state index >= 15 is 0 Å². The summed E-state index contributed by atoms with van der Waals surface area (Å²) in [4.78, 5) is 0. The van der Waals surface area contributed by atoms with Crippen LogP contribution in [0.15, 0.2) is 18.2 Å². The van der Waals surface area contributed by atoms with Crippen molar-refractivity contribution in [3.63, 3.8) is 0 Å². The molecule has 1 aromatic heterocycles. The third-order valence-electron chi connectivity index (χ3n) is 3.05. The summed E-state index contributed by atoms with van der Waals surface area (Å²) in [5.41, 5.74) is 4.85. The van der Waals surface area contributed by atoms with Crippen molar-refractivity contribution < 1.29 is 5.11 Å². The topological polar surface area (TPSA) is 50.9 Å². The molecule has 4 heteroatoms. The predicted molar refractivity (Wildman–Crippen MR) is 75.5 cm³/mol. The highest BCUT2D eigenvalue weighted by Crippen LogP contribution is 2.27. The lowest BCUT2D eigenvalue weighted by molar-refractivity contribution is 0.273. The molecule has 1 N–H and O–H groups in total. The largest absolute Gasteiger partial charge is 0.390 e. The quantitative estimate of drug-likeness (QED) is 0.902. The molecule has 0 fully saturated rings. The van der Waals surface area contributed by atoms with Crippen LogP contribution in [0.2, 0.25) is 0 Å². The zero-order valence-electron chi connectivity index (χ0n) is 12.2. The van der Waals surface area contributed by atoms with Gasteiger partial charge in [0.05, 0.1) is 18.0 Å². The lowest BCUT2D eigenvalue weighted by Gasteiger charge is -2.21. The van der Waals surface area contributed by atoms with Crippen LogP contribution in [0.5, 0.6) is 0 Å². The van der Waals surface area contributed by atoms with Crippen molar-refractivity contribution in [1.82, 2.24) is 15.0 Å². The van der Waals surface area contributed by atoms with Crippen LogP contribution in [-0.2, 0) is 12.0 Å². The summed E-state index contributed by atoms with van der Waals surface area (Å²) in [6, 6.07) is 6.29. The summed E-state index contributed by atoms with van der Waals surface area (Å²) in [5, 5.41) is 17.7. The van der Waals surface area contributed by atoms with Gasteiger partial charge in [0.15, 0.2) is 0 Å². The van der Waals surface area contributed by atoms with Crippen LogP contribution in [0.1, 0.15) is 43.3 Å². The number of aryl methyl sites for hydroxylation is 2. The van der Waals surface area contributed by atoms with Crippen molar-refractivity contribution in [3.05, 3.63) is 40.7 Å². The molecule has 0 aliphatic heterocycles. The number of benzene rings is 1. The van der Waals surface area contributed by atoms with Gasteiger partial charge < -0.3 is 5.11 Å². The maximum atomic E-state index is 9.44. The number of aliphatic hydroxyl groups is 1. The number of hydrogen-bond acceptors (Lipinski definition) is 3. The van der Waals surface area contributed by atoms with Crippen LogP contribution in [0.3, 0.4) is 0 Å². The molecule has 2 aromatic rings. The molecule has 0 saturated heterocycles. The van der Waals surface area contributed by atoms with Gasteiger partial charge in [0.1, 0.15) is 5.69 Å². The first kappa shape index (κ1) is 13.7. The van der Waals surface area contributed by atoms with E-state index < -0.39 is 0 Å². The summed E-state index contributed by atoms with van der Waals surface area (Å²) in [6.07, 6.45) is 0. The van der Waals surface area contributed by atoms with E-state index in [2.05, 4.69) is 63.1 Å². The van der Waals surface area contributed by atoms with E-state index in [9.17, 15) is 5.11 Å². The Labute approximate surface area is 114 Å². The van der Waals surface area contributed by atoms with Crippen molar-refractivity contribution in [3.8, 4) is 5.69 Å². The second kappa shape index (κ2) is 4.78. The standard InChI is InChI=1S/C15H21N3O/c1-10-6-11(2)8-12(7-10)18-14(15(3,4)5)13(9-19)16-17-18/h6-8,19H,9H2,1-5H3. The van der Waals surface area contributed by atoms with E-state index in [1.165, 1.54) is 11.1 Å². The highest BCUT2D eigenvalue weighted by atomic mass is 16.3. The zero-order valence-corrected chi connectivity index (χ0v) is 12.2. The zero-order chi connectivity index (χ0) is 14.2. The Morgan fingerprint density at radius 3 is 2.16 bits per heavy atom. The SMILES string of the molecule is Cc1cc(C)cc(-n2nnc(CO)c2C(C)(C)C)c1. The van der Waals surface area contributed by atoms with Gasteiger partial charge in [-0.05, 0) is 37.1 Å². The molecular formula is C15H21N3O. The van der Waals surface area contributed by atoms with Gasteiger partial charge in [-0.1, -0.05) is 32.1 Å². The van der Waals surface area contributed by atoms with Gasteiger partial charge in [-0.15, -0.1) is 5.10 Å². The van der Waals surface area contributed by atoms with Gasteiger partial charge in [-0.2, -0.15) is 0 Å². The second-order valence-electron chi connectivity index (χ2n) is 6.05. The molecule has 102 valence electrons. The summed E-state index contributed by atoms with van der Waals surface area (Å²) in [6.45, 7) is 10.4. The molecule has 0 amide bonds. The minimum absolute atomic E-state index is 0.0859. The van der Waals surface area contributed by atoms with E-state index in [1.54, 1.807) is 0 Å². The maximum absolute atomic E-state index is 9.44. The van der Waals surface area contributed by atoms with Crippen LogP contribution < -0.4 is 0 Å². The first-order valence-electron chi connectivity index (χ1n) is 6.47. The lowest BCUT2D eigenvalue weighted by atomic mass is 9.90. The van der Waals surface area contributed by atoms with E-state index in [1.807, 2.05) is 4.68 Å². The molecule has 0 aliphatic rings. The number of hydrogen-bond donors (Lipinski definition) is 1. The van der Waals surface area contributed by atoms with Gasteiger partial charge in [0.25, 0.3) is 0 Å². The lowest BCUT2D eigenvalue weighted by Crippen LogP contribution is -2.19. The Hall–Kier alpha value is -1.68. The second-order valence-corrected chi connectivity index (χ2v) is 6.05. The Morgan fingerprint density at radius 2 is 1.68 bits per heavy atom. The fourth-order valence-electron chi connectivity index (χ4n) is 2.42. The molecule has 0 spiro atoms. The van der Waals surface area contributed by atoms with Gasteiger partial charge in [-0.3, -0.25) is 0 Å². The highest BCUT2D eigenvalue weighted by Gasteiger charge is 2.25. The van der Waals surface area contributed by atoms with Crippen molar-refractivity contribution in [2.75, 3.05) is 0 Å². The van der Waals surface area contributed by atoms with E-state index in [0.29, 0.717) is 5.69 Å². The van der Waals surface area contributed by atoms with Crippen LogP contribution in [0.4, 0.5) is 0 Å². The molecule has 0 radical (unpaired) electrons. The monoisotopic (exact) mass is 259 g/mol. The van der Waals surface area contributed by atoms with E-state index in [-0.39, 0.29) is 12.0 Å². The number of aromatic nitrogens is 3. The third-order valence-corrected chi connectivity index (χ3v) is 3.05. The minimum Gasteiger partial charge on any atom is -0.390 e. The van der Waals surface area contributed by atoms with Gasteiger partial charge >= 0.3 is 0 Å². The molecular weight excluding hydrogens is 238 g/mol. The Kier molecular flexibility index (Phi) is 3.45. The van der Waals surface area contributed by atoms with Crippen LogP contribution >= 0.6 is 0 Å². The normalized spacial score (nSPS) is 11.9. The van der Waals surface area contributed by atoms with Crippen LogP contribution in [0.25, 0.3) is 5.69 Å². The number of nitrogens with zero attached hydrogens (tertiary/aromatic N) is 3. The average Bonchev–Trinajstić information content (AvgIpc) is 2.70. The molecule has 0 atom stereocenters. The van der Waals surface area contributed by atoms with E-state index in [4.69, 9.17) is 0 Å².